The molecule has 1 N–H and O–H groups in total. The van der Waals surface area contributed by atoms with Crippen LogP contribution in [0.25, 0.3) is 11.0 Å². The maximum Gasteiger partial charge on any atom is 0.573 e. The molecule has 0 saturated carbocycles. The van der Waals surface area contributed by atoms with Gasteiger partial charge in [-0.1, -0.05) is 18.2 Å². The number of nitrogens with zero attached hydrogens (tertiary/aromatic N) is 2. The lowest BCUT2D eigenvalue weighted by Gasteiger charge is -2.11. The van der Waals surface area contributed by atoms with Gasteiger partial charge in [-0.2, -0.15) is 5.10 Å². The number of rotatable bonds is 7. The van der Waals surface area contributed by atoms with Crippen molar-refractivity contribution >= 4 is 26.7 Å². The van der Waals surface area contributed by atoms with Gasteiger partial charge in [-0.05, 0) is 48.4 Å². The van der Waals surface area contributed by atoms with E-state index < -0.39 is 21.9 Å². The summed E-state index contributed by atoms with van der Waals surface area (Å²) < 4.78 is 66.7. The fraction of sp³-hybridized carbons (Fsp3) is 0.136. The van der Waals surface area contributed by atoms with Crippen LogP contribution in [0.5, 0.6) is 5.75 Å². The van der Waals surface area contributed by atoms with Crippen molar-refractivity contribution in [2.75, 3.05) is 0 Å². The summed E-state index contributed by atoms with van der Waals surface area (Å²) in [7, 11) is -4.05. The number of aromatic amines is 1. The summed E-state index contributed by atoms with van der Waals surface area (Å²) in [5, 5.41) is 7.29. The summed E-state index contributed by atoms with van der Waals surface area (Å²) in [6, 6.07) is 11.7. The third-order valence-electron chi connectivity index (χ3n) is 4.84. The Labute approximate surface area is 186 Å². The molecular weight excluding hydrogens is 459 g/mol. The van der Waals surface area contributed by atoms with Gasteiger partial charge in [-0.25, -0.2) is 13.4 Å². The summed E-state index contributed by atoms with van der Waals surface area (Å²) in [5.74, 6) is -0.745. The highest BCUT2D eigenvalue weighted by atomic mass is 32.2. The van der Waals surface area contributed by atoms with E-state index in [1.54, 1.807) is 24.4 Å². The number of hydrogen-bond donors (Lipinski definition) is 1. The van der Waals surface area contributed by atoms with Crippen LogP contribution < -0.4 is 4.74 Å². The van der Waals surface area contributed by atoms with Crippen LogP contribution in [-0.4, -0.2) is 35.7 Å². The number of aromatic nitrogens is 3. The molecule has 4 aromatic rings. The Morgan fingerprint density at radius 1 is 1.00 bits per heavy atom. The van der Waals surface area contributed by atoms with Crippen LogP contribution in [-0.2, 0) is 16.3 Å². The number of ether oxygens (including phenoxy) is 1. The van der Waals surface area contributed by atoms with E-state index in [0.717, 1.165) is 23.1 Å². The number of pyridine rings is 1. The number of fused-ring (bicyclic) bond motifs is 1. The number of aryl methyl sites for hydroxylation is 1. The second-order valence-electron chi connectivity index (χ2n) is 7.13. The van der Waals surface area contributed by atoms with Crippen LogP contribution in [0.4, 0.5) is 13.2 Å². The molecule has 2 aromatic heterocycles. The van der Waals surface area contributed by atoms with Crippen molar-refractivity contribution in [3.63, 3.8) is 0 Å². The van der Waals surface area contributed by atoms with E-state index in [-0.39, 0.29) is 22.0 Å². The molecule has 0 bridgehead atoms. The summed E-state index contributed by atoms with van der Waals surface area (Å²) in [4.78, 5) is 16.2. The first-order chi connectivity index (χ1) is 15.6. The molecule has 0 saturated heterocycles. The molecule has 2 heterocycles. The summed E-state index contributed by atoms with van der Waals surface area (Å²) in [6.07, 6.45) is -1.33. The minimum absolute atomic E-state index is 0.0867. The average molecular weight is 475 g/mol. The van der Waals surface area contributed by atoms with Crippen molar-refractivity contribution in [2.45, 2.75) is 29.0 Å². The second-order valence-corrected chi connectivity index (χ2v) is 9.07. The van der Waals surface area contributed by atoms with Crippen molar-refractivity contribution in [3.8, 4) is 5.75 Å². The molecule has 33 heavy (non-hydrogen) atoms. The molecular formula is C22H16F3N3O4S. The quantitative estimate of drug-likeness (QED) is 0.395. The van der Waals surface area contributed by atoms with Gasteiger partial charge in [0.25, 0.3) is 0 Å². The van der Waals surface area contributed by atoms with Crippen molar-refractivity contribution in [1.82, 2.24) is 15.2 Å². The third kappa shape index (κ3) is 5.20. The number of nitrogens with one attached hydrogen (secondary N) is 1. The Morgan fingerprint density at radius 2 is 1.76 bits per heavy atom. The summed E-state index contributed by atoms with van der Waals surface area (Å²) >= 11 is 0. The number of hydrogen-bond acceptors (Lipinski definition) is 6. The fourth-order valence-corrected chi connectivity index (χ4v) is 4.50. The Balaban J connectivity index is 1.45. The van der Waals surface area contributed by atoms with Crippen LogP contribution in [0, 0.1) is 0 Å². The highest BCUT2D eigenvalue weighted by Gasteiger charge is 2.31. The number of benzene rings is 2. The van der Waals surface area contributed by atoms with Crippen molar-refractivity contribution < 1.29 is 31.1 Å². The average Bonchev–Trinajstić information content (AvgIpc) is 3.25. The van der Waals surface area contributed by atoms with Crippen LogP contribution in [0.1, 0.15) is 22.3 Å². The zero-order valence-electron chi connectivity index (χ0n) is 16.8. The number of carbonyl (C=O) groups is 1. The third-order valence-corrected chi connectivity index (χ3v) is 6.60. The van der Waals surface area contributed by atoms with Crippen LogP contribution in [0.3, 0.4) is 0 Å². The maximum absolute atomic E-state index is 12.8. The predicted molar refractivity (Wildman–Crippen MR) is 112 cm³/mol. The molecule has 170 valence electrons. The van der Waals surface area contributed by atoms with Gasteiger partial charge in [0, 0.05) is 23.6 Å². The zero-order valence-corrected chi connectivity index (χ0v) is 17.7. The topological polar surface area (TPSA) is 102 Å². The number of carbonyl (C=O) groups excluding carboxylic acids is 1. The smallest absolute Gasteiger partial charge is 0.406 e. The standard InChI is InChI=1S/C22H16F3N3O4S/c23-22(24,25)32-17-2-1-3-19(11-17)33(30,31)18-7-4-14(5-8-18)6-9-20(29)15-10-16-13-27-28-21(16)26-12-15/h1-5,7-8,10-13H,6,9H2,(H,26,27,28). The van der Waals surface area contributed by atoms with Crippen LogP contribution >= 0.6 is 0 Å². The molecule has 0 radical (unpaired) electrons. The first kappa shape index (κ1) is 22.5. The van der Waals surface area contributed by atoms with E-state index in [9.17, 15) is 26.4 Å². The molecule has 0 fully saturated rings. The Hall–Kier alpha value is -3.73. The summed E-state index contributed by atoms with van der Waals surface area (Å²) in [5.41, 5.74) is 1.76. The Morgan fingerprint density at radius 3 is 2.48 bits per heavy atom. The number of alkyl halides is 3. The Kier molecular flexibility index (Phi) is 5.90. The van der Waals surface area contributed by atoms with Gasteiger partial charge in [0.1, 0.15) is 5.75 Å². The van der Waals surface area contributed by atoms with Gasteiger partial charge in [0.2, 0.25) is 9.84 Å². The van der Waals surface area contributed by atoms with Gasteiger partial charge < -0.3 is 4.74 Å². The predicted octanol–water partition coefficient (Wildman–Crippen LogP) is 4.50. The summed E-state index contributed by atoms with van der Waals surface area (Å²) in [6.45, 7) is 0. The van der Waals surface area contributed by atoms with Crippen LogP contribution in [0.15, 0.2) is 76.8 Å². The van der Waals surface area contributed by atoms with Gasteiger partial charge in [0.05, 0.1) is 16.0 Å². The monoisotopic (exact) mass is 475 g/mol. The molecule has 4 rings (SSSR count). The first-order valence-corrected chi connectivity index (χ1v) is 11.1. The Bertz CT molecular complexity index is 1410. The number of ketones is 1. The lowest BCUT2D eigenvalue weighted by Crippen LogP contribution is -2.17. The number of H-pyrrole nitrogens is 1. The van der Waals surface area contributed by atoms with E-state index in [4.69, 9.17) is 0 Å². The first-order valence-electron chi connectivity index (χ1n) is 9.64. The molecule has 0 aliphatic carbocycles. The molecule has 0 aliphatic rings. The van der Waals surface area contributed by atoms with E-state index in [1.165, 1.54) is 30.5 Å². The second kappa shape index (κ2) is 8.66. The van der Waals surface area contributed by atoms with E-state index in [0.29, 0.717) is 17.6 Å². The molecule has 0 unspecified atom stereocenters. The molecule has 2 aromatic carbocycles. The van der Waals surface area contributed by atoms with Gasteiger partial charge in [-0.15, -0.1) is 13.2 Å². The van der Waals surface area contributed by atoms with Crippen molar-refractivity contribution in [1.29, 1.82) is 0 Å². The molecule has 0 atom stereocenters. The SMILES string of the molecule is O=C(CCc1ccc(S(=O)(=O)c2cccc(OC(F)(F)F)c2)cc1)c1cnc2[nH]ncc2c1. The van der Waals surface area contributed by atoms with Crippen molar-refractivity contribution in [3.05, 3.63) is 78.1 Å². The maximum atomic E-state index is 12.8. The molecule has 0 amide bonds. The molecule has 0 aliphatic heterocycles. The number of halogens is 3. The van der Waals surface area contributed by atoms with E-state index in [1.807, 2.05) is 0 Å². The molecule has 11 heteroatoms. The lowest BCUT2D eigenvalue weighted by atomic mass is 10.0. The zero-order chi connectivity index (χ0) is 23.6. The lowest BCUT2D eigenvalue weighted by molar-refractivity contribution is -0.274. The highest BCUT2D eigenvalue weighted by molar-refractivity contribution is 7.91. The minimum atomic E-state index is -4.93. The van der Waals surface area contributed by atoms with E-state index in [2.05, 4.69) is 19.9 Å². The van der Waals surface area contributed by atoms with E-state index >= 15 is 0 Å². The van der Waals surface area contributed by atoms with Gasteiger partial charge in [0.15, 0.2) is 11.4 Å². The minimum Gasteiger partial charge on any atom is -0.406 e. The van der Waals surface area contributed by atoms with Crippen LogP contribution in [0.2, 0.25) is 0 Å². The van der Waals surface area contributed by atoms with Gasteiger partial charge >= 0.3 is 6.36 Å². The molecule has 7 nitrogen and oxygen atoms in total. The van der Waals surface area contributed by atoms with Gasteiger partial charge in [-0.3, -0.25) is 9.89 Å². The number of sulfone groups is 1. The normalized spacial score (nSPS) is 12.1. The number of Topliss-reactive ketones (excluding diaryl/α,β-unsaturated/α-hetero) is 1. The fourth-order valence-electron chi connectivity index (χ4n) is 3.20. The molecule has 0 spiro atoms. The van der Waals surface area contributed by atoms with Crippen molar-refractivity contribution in [2.24, 2.45) is 0 Å². The highest BCUT2D eigenvalue weighted by Crippen LogP contribution is 2.28. The largest absolute Gasteiger partial charge is 0.573 e.